The Bertz CT molecular complexity index is 599. The number of aryl methyl sites for hydroxylation is 3. The van der Waals surface area contributed by atoms with Crippen LogP contribution in [0, 0.1) is 20.8 Å². The first kappa shape index (κ1) is 10.4. The highest BCUT2D eigenvalue weighted by molar-refractivity contribution is 9.10. The summed E-state index contributed by atoms with van der Waals surface area (Å²) < 4.78 is 0.623. The van der Waals surface area contributed by atoms with E-state index in [0.717, 1.165) is 22.2 Å². The Morgan fingerprint density at radius 2 is 1.87 bits per heavy atom. The highest BCUT2D eigenvalue weighted by Gasteiger charge is 2.08. The van der Waals surface area contributed by atoms with Crippen molar-refractivity contribution in [3.05, 3.63) is 43.6 Å². The predicted octanol–water partition coefficient (Wildman–Crippen LogP) is 3.22. The minimum atomic E-state index is 0.0596. The van der Waals surface area contributed by atoms with Gasteiger partial charge in [-0.2, -0.15) is 0 Å². The van der Waals surface area contributed by atoms with Crippen LogP contribution in [0.4, 0.5) is 0 Å². The predicted molar refractivity (Wildman–Crippen MR) is 66.5 cm³/mol. The summed E-state index contributed by atoms with van der Waals surface area (Å²) in [5.41, 5.74) is 4.21. The van der Waals surface area contributed by atoms with Gasteiger partial charge in [0.1, 0.15) is 0 Å². The zero-order valence-corrected chi connectivity index (χ0v) is 10.5. The molecule has 0 fully saturated rings. The molecule has 0 spiro atoms. The summed E-state index contributed by atoms with van der Waals surface area (Å²) in [6, 6.07) is 3.86. The maximum atomic E-state index is 11.9. The van der Waals surface area contributed by atoms with Crippen molar-refractivity contribution < 1.29 is 0 Å². The van der Waals surface area contributed by atoms with Gasteiger partial charge in [0.05, 0.1) is 9.99 Å². The molecule has 15 heavy (non-hydrogen) atoms. The Labute approximate surface area is 96.5 Å². The van der Waals surface area contributed by atoms with Crippen LogP contribution >= 0.6 is 15.9 Å². The van der Waals surface area contributed by atoms with Gasteiger partial charge in [-0.15, -0.1) is 0 Å². The molecule has 0 saturated carbocycles. The van der Waals surface area contributed by atoms with E-state index in [4.69, 9.17) is 0 Å². The van der Waals surface area contributed by atoms with Crippen LogP contribution in [0.15, 0.2) is 21.4 Å². The zero-order valence-electron chi connectivity index (χ0n) is 8.94. The molecule has 0 aliphatic rings. The highest BCUT2D eigenvalue weighted by Crippen LogP contribution is 2.20. The first-order valence-electron chi connectivity index (χ1n) is 4.80. The van der Waals surface area contributed by atoms with E-state index >= 15 is 0 Å². The monoisotopic (exact) mass is 265 g/mol. The maximum Gasteiger partial charge on any atom is 0.203 e. The first-order chi connectivity index (χ1) is 7.02. The smallest absolute Gasteiger partial charge is 0.203 e. The van der Waals surface area contributed by atoms with Crippen LogP contribution < -0.4 is 5.43 Å². The van der Waals surface area contributed by atoms with E-state index in [0.29, 0.717) is 4.47 Å². The van der Waals surface area contributed by atoms with Crippen molar-refractivity contribution in [3.8, 4) is 0 Å². The van der Waals surface area contributed by atoms with Gasteiger partial charge in [-0.25, -0.2) is 0 Å². The number of aromatic nitrogens is 1. The lowest BCUT2D eigenvalue weighted by molar-refractivity contribution is 1.19. The SMILES string of the molecule is Cc1ccc2c(=O)c(Br)c(C)[nH]c2c1C. The van der Waals surface area contributed by atoms with E-state index < -0.39 is 0 Å². The lowest BCUT2D eigenvalue weighted by Crippen LogP contribution is -2.07. The van der Waals surface area contributed by atoms with Crippen molar-refractivity contribution in [2.75, 3.05) is 0 Å². The van der Waals surface area contributed by atoms with E-state index in [1.807, 2.05) is 32.9 Å². The van der Waals surface area contributed by atoms with E-state index in [2.05, 4.69) is 20.9 Å². The second kappa shape index (κ2) is 3.49. The van der Waals surface area contributed by atoms with Gasteiger partial charge in [-0.3, -0.25) is 4.79 Å². The van der Waals surface area contributed by atoms with Crippen molar-refractivity contribution in [2.45, 2.75) is 20.8 Å². The van der Waals surface area contributed by atoms with E-state index in [-0.39, 0.29) is 5.43 Å². The molecule has 3 heteroatoms. The molecule has 2 nitrogen and oxygen atoms in total. The third kappa shape index (κ3) is 1.51. The van der Waals surface area contributed by atoms with Gasteiger partial charge < -0.3 is 4.98 Å². The van der Waals surface area contributed by atoms with Crippen molar-refractivity contribution in [1.82, 2.24) is 4.98 Å². The summed E-state index contributed by atoms with van der Waals surface area (Å²) in [7, 11) is 0. The summed E-state index contributed by atoms with van der Waals surface area (Å²) in [5, 5.41) is 0.746. The summed E-state index contributed by atoms with van der Waals surface area (Å²) >= 11 is 3.30. The summed E-state index contributed by atoms with van der Waals surface area (Å²) in [6.07, 6.45) is 0. The van der Waals surface area contributed by atoms with Gasteiger partial charge in [0.25, 0.3) is 0 Å². The molecule has 0 radical (unpaired) electrons. The molecule has 0 saturated heterocycles. The number of halogens is 1. The molecule has 0 aliphatic heterocycles. The van der Waals surface area contributed by atoms with Gasteiger partial charge in [0, 0.05) is 11.1 Å². The summed E-state index contributed by atoms with van der Waals surface area (Å²) in [6.45, 7) is 5.97. The molecule has 0 atom stereocenters. The number of fused-ring (bicyclic) bond motifs is 1. The molecule has 78 valence electrons. The number of aromatic amines is 1. The molecule has 0 aliphatic carbocycles. The van der Waals surface area contributed by atoms with Gasteiger partial charge in [0.2, 0.25) is 5.43 Å². The Balaban J connectivity index is 3.06. The van der Waals surface area contributed by atoms with Crippen LogP contribution in [-0.4, -0.2) is 4.98 Å². The molecule has 2 rings (SSSR count). The molecule has 1 aromatic carbocycles. The second-order valence-electron chi connectivity index (χ2n) is 3.82. The zero-order chi connectivity index (χ0) is 11.2. The molecule has 1 N–H and O–H groups in total. The van der Waals surface area contributed by atoms with Crippen molar-refractivity contribution in [1.29, 1.82) is 0 Å². The number of rotatable bonds is 0. The average Bonchev–Trinajstić information content (AvgIpc) is 2.21. The van der Waals surface area contributed by atoms with Crippen molar-refractivity contribution >= 4 is 26.8 Å². The third-order valence-corrected chi connectivity index (χ3v) is 3.78. The van der Waals surface area contributed by atoms with Crippen LogP contribution in [0.25, 0.3) is 10.9 Å². The fraction of sp³-hybridized carbons (Fsp3) is 0.250. The topological polar surface area (TPSA) is 32.9 Å². The Kier molecular flexibility index (Phi) is 2.43. The van der Waals surface area contributed by atoms with Crippen LogP contribution in [0.3, 0.4) is 0 Å². The minimum Gasteiger partial charge on any atom is -0.357 e. The van der Waals surface area contributed by atoms with E-state index in [1.165, 1.54) is 5.56 Å². The fourth-order valence-electron chi connectivity index (χ4n) is 1.70. The Morgan fingerprint density at radius 3 is 2.53 bits per heavy atom. The van der Waals surface area contributed by atoms with Crippen molar-refractivity contribution in [2.24, 2.45) is 0 Å². The normalized spacial score (nSPS) is 10.9. The van der Waals surface area contributed by atoms with E-state index in [9.17, 15) is 4.79 Å². The molecule has 2 aromatic rings. The Hall–Kier alpha value is -1.09. The summed E-state index contributed by atoms with van der Waals surface area (Å²) in [4.78, 5) is 15.2. The van der Waals surface area contributed by atoms with Gasteiger partial charge in [-0.05, 0) is 53.9 Å². The van der Waals surface area contributed by atoms with Crippen molar-refractivity contribution in [3.63, 3.8) is 0 Å². The van der Waals surface area contributed by atoms with Gasteiger partial charge in [-0.1, -0.05) is 6.07 Å². The number of H-pyrrole nitrogens is 1. The van der Waals surface area contributed by atoms with Gasteiger partial charge >= 0.3 is 0 Å². The number of hydrogen-bond donors (Lipinski definition) is 1. The standard InChI is InChI=1S/C12H12BrNO/c1-6-4-5-9-11(7(6)2)14-8(3)10(13)12(9)15/h4-5H,1-3H3,(H,14,15). The molecule has 1 heterocycles. The molecule has 1 aromatic heterocycles. The molecular formula is C12H12BrNO. The number of nitrogens with one attached hydrogen (secondary N) is 1. The third-order valence-electron chi connectivity index (χ3n) is 2.82. The molecule has 0 unspecified atom stereocenters. The molecule has 0 amide bonds. The maximum absolute atomic E-state index is 11.9. The van der Waals surface area contributed by atoms with Gasteiger partial charge in [0.15, 0.2) is 0 Å². The number of pyridine rings is 1. The highest BCUT2D eigenvalue weighted by atomic mass is 79.9. The summed E-state index contributed by atoms with van der Waals surface area (Å²) in [5.74, 6) is 0. The minimum absolute atomic E-state index is 0.0596. The lowest BCUT2D eigenvalue weighted by atomic mass is 10.0. The van der Waals surface area contributed by atoms with Crippen LogP contribution in [0.1, 0.15) is 16.8 Å². The first-order valence-corrected chi connectivity index (χ1v) is 5.60. The Morgan fingerprint density at radius 1 is 1.20 bits per heavy atom. The average molecular weight is 266 g/mol. The van der Waals surface area contributed by atoms with Crippen LogP contribution in [0.5, 0.6) is 0 Å². The number of hydrogen-bond acceptors (Lipinski definition) is 1. The second-order valence-corrected chi connectivity index (χ2v) is 4.62. The number of benzene rings is 1. The van der Waals surface area contributed by atoms with E-state index in [1.54, 1.807) is 0 Å². The van der Waals surface area contributed by atoms with Crippen LogP contribution in [0.2, 0.25) is 0 Å². The fourth-order valence-corrected chi connectivity index (χ4v) is 2.01. The van der Waals surface area contributed by atoms with Crippen LogP contribution in [-0.2, 0) is 0 Å². The quantitative estimate of drug-likeness (QED) is 0.780. The molecule has 0 bridgehead atoms. The lowest BCUT2D eigenvalue weighted by Gasteiger charge is -2.07. The largest absolute Gasteiger partial charge is 0.357 e. The molecular weight excluding hydrogens is 254 g/mol.